The molecule has 0 aliphatic rings. The second-order valence-corrected chi connectivity index (χ2v) is 13.6. The number of hydrogen-bond donors (Lipinski definition) is 0. The van der Waals surface area contributed by atoms with E-state index >= 15 is 0 Å². The van der Waals surface area contributed by atoms with E-state index in [2.05, 4.69) is 114 Å². The van der Waals surface area contributed by atoms with Crippen molar-refractivity contribution in [2.24, 2.45) is 0 Å². The predicted molar refractivity (Wildman–Crippen MR) is 219 cm³/mol. The Kier molecular flexibility index (Phi) is 6.79. The van der Waals surface area contributed by atoms with Gasteiger partial charge in [0.05, 0.1) is 16.9 Å². The Labute approximate surface area is 309 Å². The van der Waals surface area contributed by atoms with E-state index in [9.17, 15) is 0 Å². The summed E-state index contributed by atoms with van der Waals surface area (Å²) in [6.07, 6.45) is 1.87. The first-order valence-corrected chi connectivity index (χ1v) is 18.0. The highest BCUT2D eigenvalue weighted by Crippen LogP contribution is 2.43. The average molecular weight is 692 g/mol. The van der Waals surface area contributed by atoms with Crippen molar-refractivity contribution in [3.63, 3.8) is 0 Å². The van der Waals surface area contributed by atoms with Crippen LogP contribution in [-0.2, 0) is 0 Å². The van der Waals surface area contributed by atoms with E-state index in [1.165, 1.54) is 0 Å². The van der Waals surface area contributed by atoms with E-state index in [0.717, 1.165) is 105 Å². The fourth-order valence-corrected chi connectivity index (χ4v) is 7.78. The zero-order valence-electron chi connectivity index (χ0n) is 28.9. The molecule has 0 aliphatic heterocycles. The van der Waals surface area contributed by atoms with Gasteiger partial charge in [0.1, 0.15) is 22.3 Å². The molecule has 4 heterocycles. The van der Waals surface area contributed by atoms with Gasteiger partial charge in [-0.1, -0.05) is 121 Å². The van der Waals surface area contributed by atoms with Gasteiger partial charge in [-0.25, -0.2) is 9.97 Å². The molecular weight excluding hydrogens is 663 g/mol. The second-order valence-electron chi connectivity index (χ2n) is 13.6. The van der Waals surface area contributed by atoms with Gasteiger partial charge in [-0.15, -0.1) is 0 Å². The van der Waals surface area contributed by atoms with Crippen molar-refractivity contribution < 1.29 is 8.83 Å². The third-order valence-electron chi connectivity index (χ3n) is 10.4. The number of nitrogens with zero attached hydrogens (tertiary/aromatic N) is 3. The minimum atomic E-state index is 0.653. The number of rotatable bonds is 5. The lowest BCUT2D eigenvalue weighted by molar-refractivity contribution is 0.668. The van der Waals surface area contributed by atoms with E-state index in [0.29, 0.717) is 5.82 Å². The first-order valence-electron chi connectivity index (χ1n) is 18.0. The summed E-state index contributed by atoms with van der Waals surface area (Å²) in [6, 6.07) is 58.3. The molecule has 0 spiro atoms. The molecule has 54 heavy (non-hydrogen) atoms. The summed E-state index contributed by atoms with van der Waals surface area (Å²) >= 11 is 0. The van der Waals surface area contributed by atoms with E-state index in [1.807, 2.05) is 66.9 Å². The summed E-state index contributed by atoms with van der Waals surface area (Å²) in [7, 11) is 0. The molecule has 0 saturated carbocycles. The monoisotopic (exact) mass is 691 g/mol. The molecule has 0 unspecified atom stereocenters. The Morgan fingerprint density at radius 2 is 1.02 bits per heavy atom. The molecule has 0 saturated heterocycles. The Bertz CT molecular complexity index is 3210. The summed E-state index contributed by atoms with van der Waals surface area (Å²) < 4.78 is 12.9. The maximum atomic E-state index is 6.73. The normalized spacial score (nSPS) is 11.7. The van der Waals surface area contributed by atoms with Gasteiger partial charge in [-0.2, -0.15) is 0 Å². The van der Waals surface area contributed by atoms with E-state index in [-0.39, 0.29) is 0 Å². The van der Waals surface area contributed by atoms with Crippen LogP contribution in [0.3, 0.4) is 0 Å². The van der Waals surface area contributed by atoms with Crippen molar-refractivity contribution >= 4 is 54.8 Å². The quantitative estimate of drug-likeness (QED) is 0.180. The van der Waals surface area contributed by atoms with Crippen LogP contribution in [0.4, 0.5) is 0 Å². The van der Waals surface area contributed by atoms with Crippen molar-refractivity contribution in [1.82, 2.24) is 15.0 Å². The molecule has 4 aromatic heterocycles. The van der Waals surface area contributed by atoms with Crippen LogP contribution in [0.1, 0.15) is 0 Å². The molecule has 0 N–H and O–H groups in total. The van der Waals surface area contributed by atoms with Gasteiger partial charge in [0.2, 0.25) is 0 Å². The van der Waals surface area contributed by atoms with Crippen LogP contribution in [0.5, 0.6) is 0 Å². The number of pyridine rings is 1. The van der Waals surface area contributed by atoms with E-state index < -0.39 is 0 Å². The van der Waals surface area contributed by atoms with Crippen LogP contribution in [0.15, 0.2) is 185 Å². The summed E-state index contributed by atoms with van der Waals surface area (Å²) in [5.41, 5.74) is 13.3. The largest absolute Gasteiger partial charge is 0.456 e. The lowest BCUT2D eigenvalue weighted by Crippen LogP contribution is -1.96. The molecule has 0 bridgehead atoms. The Balaban J connectivity index is 1.10. The minimum Gasteiger partial charge on any atom is -0.456 e. The van der Waals surface area contributed by atoms with Crippen LogP contribution < -0.4 is 0 Å². The zero-order valence-corrected chi connectivity index (χ0v) is 28.9. The van der Waals surface area contributed by atoms with Gasteiger partial charge in [-0.05, 0) is 65.2 Å². The molecular formula is C49H29N3O2. The number of aromatic nitrogens is 3. The standard InChI is InChI=1S/C49H29N3O2/c1-2-10-31(11-3-1)42-29-43(52-49(51-42)32-20-18-30(19-21-32)34-26-27-50-41-15-7-4-12-36(34)41)38-24-23-35(48-47(38)39-14-6-9-17-45(39)54-48)33-22-25-46-40(28-33)37-13-5-8-16-44(37)53-46/h1-29H. The topological polar surface area (TPSA) is 65.0 Å². The third-order valence-corrected chi connectivity index (χ3v) is 10.4. The number of fused-ring (bicyclic) bond motifs is 7. The maximum Gasteiger partial charge on any atom is 0.160 e. The van der Waals surface area contributed by atoms with Gasteiger partial charge in [0.25, 0.3) is 0 Å². The van der Waals surface area contributed by atoms with Crippen LogP contribution in [0.2, 0.25) is 0 Å². The van der Waals surface area contributed by atoms with Crippen molar-refractivity contribution in [2.75, 3.05) is 0 Å². The molecule has 0 aliphatic carbocycles. The molecule has 252 valence electrons. The highest BCUT2D eigenvalue weighted by Gasteiger charge is 2.20. The second kappa shape index (κ2) is 12.1. The minimum absolute atomic E-state index is 0.653. The summed E-state index contributed by atoms with van der Waals surface area (Å²) in [5, 5.41) is 5.34. The Morgan fingerprint density at radius 3 is 1.87 bits per heavy atom. The van der Waals surface area contributed by atoms with E-state index in [4.69, 9.17) is 18.8 Å². The molecule has 0 atom stereocenters. The fraction of sp³-hybridized carbons (Fsp3) is 0. The Hall–Kier alpha value is -7.37. The van der Waals surface area contributed by atoms with Gasteiger partial charge in [-0.3, -0.25) is 4.98 Å². The number of para-hydroxylation sites is 3. The number of furan rings is 2. The third kappa shape index (κ3) is 4.90. The maximum absolute atomic E-state index is 6.73. The summed E-state index contributed by atoms with van der Waals surface area (Å²) in [5.74, 6) is 0.653. The SMILES string of the molecule is c1ccc(-c2cc(-c3ccc(-c4ccc5oc6ccccc6c5c4)c4oc5ccccc5c34)nc(-c3ccc(-c4ccnc5ccccc45)cc3)n2)cc1. The first-order chi connectivity index (χ1) is 26.7. The number of hydrogen-bond acceptors (Lipinski definition) is 5. The van der Waals surface area contributed by atoms with Gasteiger partial charge < -0.3 is 8.83 Å². The van der Waals surface area contributed by atoms with Crippen molar-refractivity contribution in [3.8, 4) is 56.2 Å². The van der Waals surface area contributed by atoms with Gasteiger partial charge in [0.15, 0.2) is 5.82 Å². The number of benzene rings is 7. The smallest absolute Gasteiger partial charge is 0.160 e. The summed E-state index contributed by atoms with van der Waals surface area (Å²) in [4.78, 5) is 15.0. The highest BCUT2D eigenvalue weighted by molar-refractivity contribution is 6.17. The van der Waals surface area contributed by atoms with Crippen LogP contribution in [0, 0.1) is 0 Å². The summed E-state index contributed by atoms with van der Waals surface area (Å²) in [6.45, 7) is 0. The lowest BCUT2D eigenvalue weighted by atomic mass is 9.95. The van der Waals surface area contributed by atoms with E-state index in [1.54, 1.807) is 0 Å². The fourth-order valence-electron chi connectivity index (χ4n) is 7.78. The van der Waals surface area contributed by atoms with Crippen molar-refractivity contribution in [1.29, 1.82) is 0 Å². The first kappa shape index (κ1) is 30.3. The predicted octanol–water partition coefficient (Wildman–Crippen LogP) is 13.2. The van der Waals surface area contributed by atoms with Crippen LogP contribution in [0.25, 0.3) is 111 Å². The lowest BCUT2D eigenvalue weighted by Gasteiger charge is -2.12. The molecule has 0 radical (unpaired) electrons. The Morgan fingerprint density at radius 1 is 0.370 bits per heavy atom. The highest BCUT2D eigenvalue weighted by atomic mass is 16.3. The molecule has 0 amide bonds. The van der Waals surface area contributed by atoms with Crippen molar-refractivity contribution in [3.05, 3.63) is 176 Å². The average Bonchev–Trinajstić information content (AvgIpc) is 3.82. The van der Waals surface area contributed by atoms with Gasteiger partial charge in [0, 0.05) is 55.4 Å². The zero-order chi connectivity index (χ0) is 35.6. The molecule has 7 aromatic carbocycles. The molecule has 11 aromatic rings. The van der Waals surface area contributed by atoms with Gasteiger partial charge >= 0.3 is 0 Å². The molecule has 5 nitrogen and oxygen atoms in total. The van der Waals surface area contributed by atoms with Crippen molar-refractivity contribution in [2.45, 2.75) is 0 Å². The van der Waals surface area contributed by atoms with Crippen LogP contribution >= 0.6 is 0 Å². The molecule has 0 fully saturated rings. The molecule has 5 heteroatoms. The molecule has 11 rings (SSSR count). The van der Waals surface area contributed by atoms with Crippen LogP contribution in [-0.4, -0.2) is 15.0 Å².